The Balaban J connectivity index is 1.63. The minimum absolute atomic E-state index is 0.538. The van der Waals surface area contributed by atoms with Gasteiger partial charge in [0.25, 0.3) is 0 Å². The molecule has 30 heavy (non-hydrogen) atoms. The number of hydrogen-bond donors (Lipinski definition) is 0. The lowest BCUT2D eigenvalue weighted by Crippen LogP contribution is -1.95. The van der Waals surface area contributed by atoms with Crippen molar-refractivity contribution in [3.05, 3.63) is 107 Å². The van der Waals surface area contributed by atoms with E-state index in [1.807, 2.05) is 0 Å². The summed E-state index contributed by atoms with van der Waals surface area (Å²) >= 11 is 0. The predicted molar refractivity (Wildman–Crippen MR) is 129 cm³/mol. The molecule has 0 bridgehead atoms. The summed E-state index contributed by atoms with van der Waals surface area (Å²) in [4.78, 5) is 0. The molecule has 0 amide bonds. The normalized spacial score (nSPS) is 14.4. The van der Waals surface area contributed by atoms with E-state index in [9.17, 15) is 0 Å². The number of fused-ring (bicyclic) bond motifs is 3. The van der Waals surface area contributed by atoms with Crippen LogP contribution in [0.1, 0.15) is 47.9 Å². The zero-order valence-electron chi connectivity index (χ0n) is 18.1. The molecule has 0 spiro atoms. The van der Waals surface area contributed by atoms with Crippen molar-refractivity contribution < 1.29 is 0 Å². The van der Waals surface area contributed by atoms with Crippen LogP contribution in [0.3, 0.4) is 0 Å². The van der Waals surface area contributed by atoms with E-state index < -0.39 is 0 Å². The Hall–Kier alpha value is -3.12. The van der Waals surface area contributed by atoms with Gasteiger partial charge in [0.15, 0.2) is 0 Å². The third-order valence-corrected chi connectivity index (χ3v) is 6.64. The summed E-state index contributed by atoms with van der Waals surface area (Å²) in [5, 5.41) is 0. The predicted octanol–water partition coefficient (Wildman–Crippen LogP) is 8.55. The van der Waals surface area contributed by atoms with Crippen LogP contribution >= 0.6 is 0 Å². The van der Waals surface area contributed by atoms with Crippen LogP contribution in [0.2, 0.25) is 0 Å². The van der Waals surface area contributed by atoms with Crippen molar-refractivity contribution in [3.63, 3.8) is 0 Å². The van der Waals surface area contributed by atoms with Gasteiger partial charge in [-0.3, -0.25) is 0 Å². The van der Waals surface area contributed by atoms with E-state index in [0.29, 0.717) is 5.92 Å². The van der Waals surface area contributed by atoms with Crippen LogP contribution in [0.25, 0.3) is 33.4 Å². The second-order valence-electron chi connectivity index (χ2n) is 8.58. The maximum absolute atomic E-state index is 2.41. The minimum Gasteiger partial charge on any atom is -0.0653 e. The van der Waals surface area contributed by atoms with Crippen LogP contribution in [0.15, 0.2) is 84.9 Å². The first-order valence-electron chi connectivity index (χ1n) is 11.1. The van der Waals surface area contributed by atoms with Crippen molar-refractivity contribution in [2.24, 2.45) is 0 Å². The van der Waals surface area contributed by atoms with Gasteiger partial charge in [-0.2, -0.15) is 0 Å². The van der Waals surface area contributed by atoms with E-state index in [1.165, 1.54) is 68.5 Å². The fraction of sp³-hybridized carbons (Fsp3) is 0.200. The quantitative estimate of drug-likeness (QED) is 0.328. The van der Waals surface area contributed by atoms with Crippen molar-refractivity contribution in [1.29, 1.82) is 0 Å². The van der Waals surface area contributed by atoms with Gasteiger partial charge in [0.1, 0.15) is 0 Å². The summed E-state index contributed by atoms with van der Waals surface area (Å²) < 4.78 is 0. The summed E-state index contributed by atoms with van der Waals surface area (Å²) in [7, 11) is 0. The number of aryl methyl sites for hydroxylation is 2. The van der Waals surface area contributed by atoms with Crippen molar-refractivity contribution in [2.45, 2.75) is 39.5 Å². The van der Waals surface area contributed by atoms with E-state index in [1.54, 1.807) is 0 Å². The molecule has 0 aliphatic heterocycles. The van der Waals surface area contributed by atoms with Crippen molar-refractivity contribution in [1.82, 2.24) is 0 Å². The Morgan fingerprint density at radius 1 is 0.567 bits per heavy atom. The maximum atomic E-state index is 2.41. The molecule has 1 atom stereocenters. The molecule has 0 heteroatoms. The highest BCUT2D eigenvalue weighted by Crippen LogP contribution is 2.48. The van der Waals surface area contributed by atoms with Crippen LogP contribution in [0.4, 0.5) is 0 Å². The fourth-order valence-corrected chi connectivity index (χ4v) is 5.05. The van der Waals surface area contributed by atoms with E-state index >= 15 is 0 Å². The molecule has 0 nitrogen and oxygen atoms in total. The van der Waals surface area contributed by atoms with Crippen LogP contribution in [0, 0.1) is 13.8 Å². The first-order valence-corrected chi connectivity index (χ1v) is 11.1. The second kappa shape index (κ2) is 7.61. The van der Waals surface area contributed by atoms with E-state index in [4.69, 9.17) is 0 Å². The van der Waals surface area contributed by atoms with E-state index in [0.717, 1.165) is 0 Å². The van der Waals surface area contributed by atoms with Gasteiger partial charge in [-0.25, -0.2) is 0 Å². The highest BCUT2D eigenvalue weighted by Gasteiger charge is 2.27. The van der Waals surface area contributed by atoms with Gasteiger partial charge in [0.05, 0.1) is 0 Å². The summed E-state index contributed by atoms with van der Waals surface area (Å²) in [5.74, 6) is 0.538. The SMILES string of the molecule is CCCC1c2ccccc2-c2cc(-c3ccc(C)c(-c4ccccc4C)c3)ccc21. The molecule has 0 saturated heterocycles. The summed E-state index contributed by atoms with van der Waals surface area (Å²) in [6.45, 7) is 6.69. The molecule has 0 radical (unpaired) electrons. The Morgan fingerprint density at radius 2 is 1.17 bits per heavy atom. The number of hydrogen-bond acceptors (Lipinski definition) is 0. The first kappa shape index (κ1) is 18.9. The highest BCUT2D eigenvalue weighted by atomic mass is 14.3. The van der Waals surface area contributed by atoms with Crippen molar-refractivity contribution in [3.8, 4) is 33.4 Å². The lowest BCUT2D eigenvalue weighted by atomic mass is 9.90. The van der Waals surface area contributed by atoms with E-state index in [2.05, 4.69) is 106 Å². The van der Waals surface area contributed by atoms with Gasteiger partial charge in [0, 0.05) is 5.92 Å². The number of benzene rings is 4. The molecule has 1 aliphatic carbocycles. The largest absolute Gasteiger partial charge is 0.0653 e. The average Bonchev–Trinajstić information content (AvgIpc) is 3.08. The molecule has 0 fully saturated rings. The van der Waals surface area contributed by atoms with E-state index in [-0.39, 0.29) is 0 Å². The molecule has 0 aromatic heterocycles. The summed E-state index contributed by atoms with van der Waals surface area (Å²) in [6.07, 6.45) is 2.42. The van der Waals surface area contributed by atoms with Crippen molar-refractivity contribution in [2.75, 3.05) is 0 Å². The summed E-state index contributed by atoms with van der Waals surface area (Å²) in [6, 6.07) is 31.6. The molecular formula is C30H28. The molecule has 0 heterocycles. The first-order chi connectivity index (χ1) is 14.7. The molecule has 1 unspecified atom stereocenters. The lowest BCUT2D eigenvalue weighted by molar-refractivity contribution is 0.711. The van der Waals surface area contributed by atoms with Crippen molar-refractivity contribution >= 4 is 0 Å². The topological polar surface area (TPSA) is 0 Å². The zero-order chi connectivity index (χ0) is 20.7. The van der Waals surface area contributed by atoms with Crippen LogP contribution in [-0.4, -0.2) is 0 Å². The van der Waals surface area contributed by atoms with Gasteiger partial charge < -0.3 is 0 Å². The average molecular weight is 389 g/mol. The highest BCUT2D eigenvalue weighted by molar-refractivity contribution is 5.84. The molecule has 4 aromatic rings. The van der Waals surface area contributed by atoms with Gasteiger partial charge in [-0.15, -0.1) is 0 Å². The molecule has 5 rings (SSSR count). The monoisotopic (exact) mass is 388 g/mol. The Kier molecular flexibility index (Phi) is 4.79. The van der Waals surface area contributed by atoms with Crippen LogP contribution in [0.5, 0.6) is 0 Å². The van der Waals surface area contributed by atoms with Crippen LogP contribution in [-0.2, 0) is 0 Å². The molecule has 0 saturated carbocycles. The fourth-order valence-electron chi connectivity index (χ4n) is 5.05. The van der Waals surface area contributed by atoms with Gasteiger partial charge in [-0.05, 0) is 88.0 Å². The molecular weight excluding hydrogens is 360 g/mol. The summed E-state index contributed by atoms with van der Waals surface area (Å²) in [5.41, 5.74) is 13.7. The third-order valence-electron chi connectivity index (χ3n) is 6.64. The van der Waals surface area contributed by atoms with Gasteiger partial charge >= 0.3 is 0 Å². The molecule has 4 aromatic carbocycles. The third kappa shape index (κ3) is 3.08. The van der Waals surface area contributed by atoms with Crippen LogP contribution < -0.4 is 0 Å². The standard InChI is InChI=1S/C30H28/c1-4-9-25-26-12-7-8-13-27(26)30-19-23(16-17-28(25)30)22-15-14-21(3)29(18-22)24-11-6-5-10-20(24)2/h5-8,10-19,25H,4,9H2,1-3H3. The minimum atomic E-state index is 0.538. The second-order valence-corrected chi connectivity index (χ2v) is 8.58. The maximum Gasteiger partial charge on any atom is 0.0102 e. The Morgan fingerprint density at radius 3 is 1.93 bits per heavy atom. The Bertz CT molecular complexity index is 1230. The number of rotatable bonds is 4. The Labute approximate surface area is 180 Å². The lowest BCUT2D eigenvalue weighted by Gasteiger charge is -2.14. The zero-order valence-corrected chi connectivity index (χ0v) is 18.1. The molecule has 148 valence electrons. The molecule has 0 N–H and O–H groups in total. The van der Waals surface area contributed by atoms with Gasteiger partial charge in [-0.1, -0.05) is 86.1 Å². The smallest absolute Gasteiger partial charge is 0.0102 e. The van der Waals surface area contributed by atoms with Gasteiger partial charge in [0.2, 0.25) is 0 Å². The molecule has 1 aliphatic rings.